The van der Waals surface area contributed by atoms with Crippen molar-refractivity contribution in [2.24, 2.45) is 0 Å². The van der Waals surface area contributed by atoms with Crippen molar-refractivity contribution >= 4 is 29.6 Å². The molecule has 0 fully saturated rings. The molecule has 6 nitrogen and oxygen atoms in total. The number of hydrogen-bond donors (Lipinski definition) is 1. The molecule has 146 valence electrons. The highest BCUT2D eigenvalue weighted by atomic mass is 19.1. The largest absolute Gasteiger partial charge is 0.462 e. The minimum Gasteiger partial charge on any atom is -0.462 e. The van der Waals surface area contributed by atoms with Crippen LogP contribution < -0.4 is 5.32 Å². The molecule has 0 saturated carbocycles. The van der Waals surface area contributed by atoms with Crippen LogP contribution in [0.25, 0.3) is 6.08 Å². The summed E-state index contributed by atoms with van der Waals surface area (Å²) in [6, 6.07) is 9.89. The molecule has 0 atom stereocenters. The number of ether oxygens (including phenoxy) is 2. The van der Waals surface area contributed by atoms with E-state index in [9.17, 15) is 18.8 Å². The average Bonchev–Trinajstić information content (AvgIpc) is 2.66. The lowest BCUT2D eigenvalue weighted by Gasteiger charge is -2.09. The monoisotopic (exact) mass is 385 g/mol. The first-order valence-corrected chi connectivity index (χ1v) is 8.67. The van der Waals surface area contributed by atoms with Crippen molar-refractivity contribution in [3.63, 3.8) is 0 Å². The summed E-state index contributed by atoms with van der Waals surface area (Å²) < 4.78 is 23.1. The van der Waals surface area contributed by atoms with Gasteiger partial charge in [-0.05, 0) is 55.8 Å². The average molecular weight is 385 g/mol. The van der Waals surface area contributed by atoms with E-state index in [2.05, 4.69) is 5.32 Å². The fraction of sp³-hybridized carbons (Fsp3) is 0.190. The van der Waals surface area contributed by atoms with E-state index in [0.29, 0.717) is 5.56 Å². The van der Waals surface area contributed by atoms with Crippen LogP contribution >= 0.6 is 0 Å². The summed E-state index contributed by atoms with van der Waals surface area (Å²) in [6.07, 6.45) is 2.66. The molecule has 0 aliphatic carbocycles. The molecule has 0 radical (unpaired) electrons. The Balaban J connectivity index is 2.23. The lowest BCUT2D eigenvalue weighted by molar-refractivity contribution is -0.111. The molecule has 28 heavy (non-hydrogen) atoms. The molecule has 0 unspecified atom stereocenters. The lowest BCUT2D eigenvalue weighted by atomic mass is 10.1. The minimum atomic E-state index is -0.626. The Hall–Kier alpha value is -3.48. The summed E-state index contributed by atoms with van der Waals surface area (Å²) >= 11 is 0. The Morgan fingerprint density at radius 2 is 1.57 bits per heavy atom. The topological polar surface area (TPSA) is 81.7 Å². The molecule has 0 aliphatic heterocycles. The van der Waals surface area contributed by atoms with Gasteiger partial charge in [0.15, 0.2) is 0 Å². The van der Waals surface area contributed by atoms with Gasteiger partial charge in [0.25, 0.3) is 0 Å². The van der Waals surface area contributed by atoms with Crippen LogP contribution in [0, 0.1) is 5.82 Å². The van der Waals surface area contributed by atoms with E-state index in [1.165, 1.54) is 48.6 Å². The van der Waals surface area contributed by atoms with Crippen LogP contribution in [0.3, 0.4) is 0 Å². The van der Waals surface area contributed by atoms with Gasteiger partial charge in [0.1, 0.15) is 5.82 Å². The molecule has 1 N–H and O–H groups in total. The molecule has 0 aliphatic rings. The van der Waals surface area contributed by atoms with Gasteiger partial charge in [-0.25, -0.2) is 14.0 Å². The Morgan fingerprint density at radius 1 is 0.964 bits per heavy atom. The predicted octanol–water partition coefficient (Wildman–Crippen LogP) is 3.83. The van der Waals surface area contributed by atoms with Gasteiger partial charge in [-0.15, -0.1) is 0 Å². The number of anilines is 1. The summed E-state index contributed by atoms with van der Waals surface area (Å²) in [5.74, 6) is -2.18. The van der Waals surface area contributed by atoms with E-state index < -0.39 is 23.7 Å². The van der Waals surface area contributed by atoms with E-state index >= 15 is 0 Å². The van der Waals surface area contributed by atoms with E-state index in [1.54, 1.807) is 19.9 Å². The first-order valence-electron chi connectivity index (χ1n) is 8.67. The molecule has 0 heterocycles. The molecular weight excluding hydrogens is 365 g/mol. The van der Waals surface area contributed by atoms with Crippen LogP contribution in [0.5, 0.6) is 0 Å². The number of amides is 1. The van der Waals surface area contributed by atoms with Crippen LogP contribution in [0.2, 0.25) is 0 Å². The molecular formula is C21H20FNO5. The van der Waals surface area contributed by atoms with Crippen molar-refractivity contribution in [1.82, 2.24) is 0 Å². The molecule has 1 amide bonds. The third kappa shape index (κ3) is 6.05. The fourth-order valence-electron chi connectivity index (χ4n) is 2.33. The van der Waals surface area contributed by atoms with E-state index in [1.807, 2.05) is 0 Å². The van der Waals surface area contributed by atoms with Gasteiger partial charge in [0, 0.05) is 11.8 Å². The molecule has 0 aromatic heterocycles. The standard InChI is InChI=1S/C21H20FNO5/c1-3-27-20(25)15-11-16(21(26)28-4-2)13-18(12-15)23-19(24)9-8-14-6-5-7-17(22)10-14/h5-13H,3-4H2,1-2H3,(H,23,24)/b9-8+. The van der Waals surface area contributed by atoms with Crippen LogP contribution in [-0.4, -0.2) is 31.1 Å². The summed E-state index contributed by atoms with van der Waals surface area (Å²) in [5, 5.41) is 2.57. The van der Waals surface area contributed by atoms with Gasteiger partial charge in [-0.2, -0.15) is 0 Å². The maximum Gasteiger partial charge on any atom is 0.338 e. The maximum atomic E-state index is 13.2. The molecule has 2 rings (SSSR count). The molecule has 0 saturated heterocycles. The molecule has 2 aromatic rings. The molecule has 0 spiro atoms. The zero-order chi connectivity index (χ0) is 20.5. The summed E-state index contributed by atoms with van der Waals surface area (Å²) in [7, 11) is 0. The summed E-state index contributed by atoms with van der Waals surface area (Å²) in [5.41, 5.74) is 0.957. The Labute approximate surface area is 162 Å². The van der Waals surface area contributed by atoms with Gasteiger partial charge in [0.05, 0.1) is 24.3 Å². The minimum absolute atomic E-state index is 0.108. The van der Waals surface area contributed by atoms with Gasteiger partial charge in [-0.3, -0.25) is 4.79 Å². The van der Waals surface area contributed by atoms with Crippen LogP contribution in [0.1, 0.15) is 40.1 Å². The second-order valence-corrected chi connectivity index (χ2v) is 5.62. The summed E-state index contributed by atoms with van der Waals surface area (Å²) in [6.45, 7) is 3.65. The first-order chi connectivity index (χ1) is 13.4. The van der Waals surface area contributed by atoms with E-state index in [-0.39, 0.29) is 30.0 Å². The van der Waals surface area contributed by atoms with Crippen molar-refractivity contribution in [2.45, 2.75) is 13.8 Å². The van der Waals surface area contributed by atoms with Gasteiger partial charge in [-0.1, -0.05) is 12.1 Å². The quantitative estimate of drug-likeness (QED) is 0.579. The number of carbonyl (C=O) groups excluding carboxylic acids is 3. The second-order valence-electron chi connectivity index (χ2n) is 5.62. The number of halogens is 1. The molecule has 2 aromatic carbocycles. The maximum absolute atomic E-state index is 13.2. The van der Waals surface area contributed by atoms with Gasteiger partial charge < -0.3 is 14.8 Å². The third-order valence-corrected chi connectivity index (χ3v) is 3.50. The Bertz CT molecular complexity index is 871. The van der Waals surface area contributed by atoms with Gasteiger partial charge >= 0.3 is 11.9 Å². The fourth-order valence-corrected chi connectivity index (χ4v) is 2.33. The highest BCUT2D eigenvalue weighted by molar-refractivity contribution is 6.04. The third-order valence-electron chi connectivity index (χ3n) is 3.50. The lowest BCUT2D eigenvalue weighted by Crippen LogP contribution is -2.13. The zero-order valence-electron chi connectivity index (χ0n) is 15.5. The number of esters is 2. The predicted molar refractivity (Wildman–Crippen MR) is 102 cm³/mol. The smallest absolute Gasteiger partial charge is 0.338 e. The second kappa shape index (κ2) is 10.0. The van der Waals surface area contributed by atoms with E-state index in [0.717, 1.165) is 0 Å². The normalized spacial score (nSPS) is 10.5. The SMILES string of the molecule is CCOC(=O)c1cc(NC(=O)/C=C/c2cccc(F)c2)cc(C(=O)OCC)c1. The van der Waals surface area contributed by atoms with Crippen molar-refractivity contribution in [3.05, 3.63) is 71.0 Å². The van der Waals surface area contributed by atoms with Crippen molar-refractivity contribution in [2.75, 3.05) is 18.5 Å². The highest BCUT2D eigenvalue weighted by Crippen LogP contribution is 2.18. The van der Waals surface area contributed by atoms with Crippen molar-refractivity contribution in [1.29, 1.82) is 0 Å². The number of benzene rings is 2. The number of nitrogens with one attached hydrogen (secondary N) is 1. The number of carbonyl (C=O) groups is 3. The number of hydrogen-bond acceptors (Lipinski definition) is 5. The Morgan fingerprint density at radius 3 is 2.11 bits per heavy atom. The van der Waals surface area contributed by atoms with Crippen molar-refractivity contribution < 1.29 is 28.2 Å². The molecule has 7 heteroatoms. The Kier molecular flexibility index (Phi) is 7.45. The highest BCUT2D eigenvalue weighted by Gasteiger charge is 2.15. The zero-order valence-corrected chi connectivity index (χ0v) is 15.5. The van der Waals surface area contributed by atoms with E-state index in [4.69, 9.17) is 9.47 Å². The first kappa shape index (κ1) is 20.8. The van der Waals surface area contributed by atoms with Crippen LogP contribution in [0.15, 0.2) is 48.5 Å². The van der Waals surface area contributed by atoms with Gasteiger partial charge in [0.2, 0.25) is 5.91 Å². The number of rotatable bonds is 7. The van der Waals surface area contributed by atoms with Crippen LogP contribution in [-0.2, 0) is 14.3 Å². The summed E-state index contributed by atoms with van der Waals surface area (Å²) in [4.78, 5) is 36.2. The van der Waals surface area contributed by atoms with Crippen LogP contribution in [0.4, 0.5) is 10.1 Å². The molecule has 0 bridgehead atoms. The van der Waals surface area contributed by atoms with Crippen molar-refractivity contribution in [3.8, 4) is 0 Å².